The maximum atomic E-state index is 14.6. The van der Waals surface area contributed by atoms with E-state index < -0.39 is 18.4 Å². The summed E-state index contributed by atoms with van der Waals surface area (Å²) in [7, 11) is 0. The van der Waals surface area contributed by atoms with Gasteiger partial charge in [0.05, 0.1) is 17.3 Å². The molecule has 0 saturated carbocycles. The number of aromatic nitrogens is 3. The summed E-state index contributed by atoms with van der Waals surface area (Å²) in [4.78, 5) is 23.4. The molecule has 4 rings (SSSR count). The number of carboxylic acid groups (broad SMARTS) is 1. The molecule has 0 aliphatic carbocycles. The minimum absolute atomic E-state index is 0.0648. The van der Waals surface area contributed by atoms with Gasteiger partial charge in [-0.25, -0.2) is 19.2 Å². The van der Waals surface area contributed by atoms with Gasteiger partial charge in [-0.1, -0.05) is 17.7 Å². The minimum Gasteiger partial charge on any atom is -0.490 e. The van der Waals surface area contributed by atoms with Gasteiger partial charge in [0.25, 0.3) is 0 Å². The van der Waals surface area contributed by atoms with Gasteiger partial charge in [-0.15, -0.1) is 0 Å². The number of fused-ring (bicyclic) bond motifs is 1. The van der Waals surface area contributed by atoms with Crippen molar-refractivity contribution in [3.05, 3.63) is 71.4 Å². The van der Waals surface area contributed by atoms with E-state index in [1.807, 2.05) is 13.0 Å². The fourth-order valence-electron chi connectivity index (χ4n) is 3.53. The summed E-state index contributed by atoms with van der Waals surface area (Å²) in [6, 6.07) is 12.3. The summed E-state index contributed by atoms with van der Waals surface area (Å²) in [6.07, 6.45) is 3.44. The molecule has 0 spiro atoms. The standard InChI is InChI=1S/C25H22ClFN4O4/c1-2-34-20-11-15(5-6-19(20)35-13-22(32)33)18-12-21(31-14-30-18)28-9-7-16-10-17-4-3-8-29-25(17)24(27)23(16)26/h3-6,8,10-12,14H,2,7,9,13H2,1H3,(H,32,33)(H,28,30,31). The molecule has 0 amide bonds. The Kier molecular flexibility index (Phi) is 7.57. The Morgan fingerprint density at radius 2 is 1.97 bits per heavy atom. The third kappa shape index (κ3) is 5.75. The summed E-state index contributed by atoms with van der Waals surface area (Å²) in [5.74, 6) is -0.266. The number of anilines is 1. The highest BCUT2D eigenvalue weighted by molar-refractivity contribution is 6.32. The summed E-state index contributed by atoms with van der Waals surface area (Å²) >= 11 is 6.23. The number of hydrogen-bond donors (Lipinski definition) is 2. The molecule has 35 heavy (non-hydrogen) atoms. The highest BCUT2D eigenvalue weighted by atomic mass is 35.5. The average Bonchev–Trinajstić information content (AvgIpc) is 2.86. The van der Waals surface area contributed by atoms with Gasteiger partial charge < -0.3 is 19.9 Å². The first-order chi connectivity index (χ1) is 17.0. The number of carboxylic acids is 1. The van der Waals surface area contributed by atoms with Crippen molar-refractivity contribution >= 4 is 34.3 Å². The van der Waals surface area contributed by atoms with Crippen molar-refractivity contribution in [2.45, 2.75) is 13.3 Å². The lowest BCUT2D eigenvalue weighted by Crippen LogP contribution is -2.10. The number of ether oxygens (including phenoxy) is 2. The molecule has 10 heteroatoms. The summed E-state index contributed by atoms with van der Waals surface area (Å²) < 4.78 is 25.5. The Morgan fingerprint density at radius 1 is 1.11 bits per heavy atom. The zero-order valence-electron chi connectivity index (χ0n) is 18.8. The SMILES string of the molecule is CCOc1cc(-c2cc(NCCc3cc4cccnc4c(F)c3Cl)ncn2)ccc1OCC(=O)O. The Morgan fingerprint density at radius 3 is 2.77 bits per heavy atom. The molecule has 0 fully saturated rings. The number of halogens is 2. The first-order valence-corrected chi connectivity index (χ1v) is 11.2. The summed E-state index contributed by atoms with van der Waals surface area (Å²) in [5, 5.41) is 12.8. The number of aliphatic carboxylic acids is 1. The smallest absolute Gasteiger partial charge is 0.341 e. The summed E-state index contributed by atoms with van der Waals surface area (Å²) in [6.45, 7) is 2.21. The molecule has 0 aliphatic rings. The monoisotopic (exact) mass is 496 g/mol. The maximum Gasteiger partial charge on any atom is 0.341 e. The van der Waals surface area contributed by atoms with Gasteiger partial charge in [-0.2, -0.15) is 0 Å². The molecule has 4 aromatic rings. The molecule has 0 bridgehead atoms. The van der Waals surface area contributed by atoms with Crippen molar-refractivity contribution in [3.63, 3.8) is 0 Å². The Bertz CT molecular complexity index is 1370. The van der Waals surface area contributed by atoms with Gasteiger partial charge in [0.15, 0.2) is 23.9 Å². The summed E-state index contributed by atoms with van der Waals surface area (Å²) in [5.41, 5.74) is 2.30. The van der Waals surface area contributed by atoms with Crippen LogP contribution >= 0.6 is 11.6 Å². The van der Waals surface area contributed by atoms with E-state index >= 15 is 0 Å². The van der Waals surface area contributed by atoms with Crippen LogP contribution in [0, 0.1) is 5.82 Å². The molecule has 0 saturated heterocycles. The second-order valence-electron chi connectivity index (χ2n) is 7.48. The van der Waals surface area contributed by atoms with Crippen LogP contribution in [0.15, 0.2) is 55.0 Å². The van der Waals surface area contributed by atoms with Crippen LogP contribution in [-0.2, 0) is 11.2 Å². The normalized spacial score (nSPS) is 10.8. The zero-order chi connectivity index (χ0) is 24.8. The van der Waals surface area contributed by atoms with E-state index in [0.717, 1.165) is 5.56 Å². The largest absolute Gasteiger partial charge is 0.490 e. The average molecular weight is 497 g/mol. The van der Waals surface area contributed by atoms with Crippen molar-refractivity contribution in [2.24, 2.45) is 0 Å². The first kappa shape index (κ1) is 24.2. The number of nitrogens with one attached hydrogen (secondary N) is 1. The molecule has 8 nitrogen and oxygen atoms in total. The lowest BCUT2D eigenvalue weighted by molar-refractivity contribution is -0.139. The number of hydrogen-bond acceptors (Lipinski definition) is 7. The second-order valence-corrected chi connectivity index (χ2v) is 7.86. The molecule has 0 radical (unpaired) electrons. The molecule has 0 aliphatic heterocycles. The number of benzene rings is 2. The van der Waals surface area contributed by atoms with E-state index in [0.29, 0.717) is 53.5 Å². The first-order valence-electron chi connectivity index (χ1n) is 10.9. The van der Waals surface area contributed by atoms with E-state index in [9.17, 15) is 9.18 Å². The van der Waals surface area contributed by atoms with Gasteiger partial charge in [0, 0.05) is 29.8 Å². The van der Waals surface area contributed by atoms with E-state index in [2.05, 4.69) is 20.3 Å². The van der Waals surface area contributed by atoms with Crippen LogP contribution in [0.3, 0.4) is 0 Å². The molecule has 2 heterocycles. The van der Waals surface area contributed by atoms with Gasteiger partial charge >= 0.3 is 5.97 Å². The molecule has 2 N–H and O–H groups in total. The minimum atomic E-state index is -1.08. The molecular formula is C25H22ClFN4O4. The Balaban J connectivity index is 1.48. The number of carbonyl (C=O) groups is 1. The molecular weight excluding hydrogens is 475 g/mol. The van der Waals surface area contributed by atoms with Gasteiger partial charge in [-0.05, 0) is 49.2 Å². The van der Waals surface area contributed by atoms with E-state index in [1.54, 1.807) is 36.4 Å². The van der Waals surface area contributed by atoms with Crippen molar-refractivity contribution < 1.29 is 23.8 Å². The Hall–Kier alpha value is -3.98. The number of nitrogens with zero attached hydrogens (tertiary/aromatic N) is 3. The molecule has 180 valence electrons. The predicted octanol–water partition coefficient (Wildman–Crippen LogP) is 5.00. The highest BCUT2D eigenvalue weighted by Crippen LogP contribution is 2.33. The Labute approximate surface area is 205 Å². The van der Waals surface area contributed by atoms with Crippen LogP contribution in [0.1, 0.15) is 12.5 Å². The lowest BCUT2D eigenvalue weighted by Gasteiger charge is -2.13. The highest BCUT2D eigenvalue weighted by Gasteiger charge is 2.13. The van der Waals surface area contributed by atoms with Gasteiger partial charge in [0.1, 0.15) is 17.7 Å². The van der Waals surface area contributed by atoms with Crippen LogP contribution in [0.25, 0.3) is 22.2 Å². The second kappa shape index (κ2) is 11.0. The van der Waals surface area contributed by atoms with E-state index in [1.165, 1.54) is 12.5 Å². The predicted molar refractivity (Wildman–Crippen MR) is 131 cm³/mol. The van der Waals surface area contributed by atoms with Crippen LogP contribution in [0.5, 0.6) is 11.5 Å². The number of pyridine rings is 1. The third-order valence-electron chi connectivity index (χ3n) is 5.11. The fourth-order valence-corrected chi connectivity index (χ4v) is 3.77. The van der Waals surface area contributed by atoms with Gasteiger partial charge in [0.2, 0.25) is 0 Å². The van der Waals surface area contributed by atoms with Crippen molar-refractivity contribution in [2.75, 3.05) is 25.1 Å². The fraction of sp³-hybridized carbons (Fsp3) is 0.200. The van der Waals surface area contributed by atoms with Crippen LogP contribution in [0.2, 0.25) is 5.02 Å². The van der Waals surface area contributed by atoms with Crippen molar-refractivity contribution in [1.29, 1.82) is 0 Å². The molecule has 0 unspecified atom stereocenters. The van der Waals surface area contributed by atoms with Gasteiger partial charge in [-0.3, -0.25) is 4.98 Å². The van der Waals surface area contributed by atoms with Crippen molar-refractivity contribution in [1.82, 2.24) is 15.0 Å². The van der Waals surface area contributed by atoms with Crippen LogP contribution < -0.4 is 14.8 Å². The maximum absolute atomic E-state index is 14.6. The van der Waals surface area contributed by atoms with Crippen LogP contribution in [0.4, 0.5) is 10.2 Å². The molecule has 0 atom stereocenters. The quantitative estimate of drug-likeness (QED) is 0.316. The lowest BCUT2D eigenvalue weighted by atomic mass is 10.1. The third-order valence-corrected chi connectivity index (χ3v) is 5.52. The zero-order valence-corrected chi connectivity index (χ0v) is 19.6. The topological polar surface area (TPSA) is 106 Å². The molecule has 2 aromatic heterocycles. The molecule has 2 aromatic carbocycles. The van der Waals surface area contributed by atoms with Crippen molar-refractivity contribution in [3.8, 4) is 22.8 Å². The van der Waals surface area contributed by atoms with E-state index in [-0.39, 0.29) is 10.5 Å². The van der Waals surface area contributed by atoms with Crippen LogP contribution in [-0.4, -0.2) is 45.8 Å². The van der Waals surface area contributed by atoms with E-state index in [4.69, 9.17) is 26.2 Å². The number of rotatable bonds is 10.